The van der Waals surface area contributed by atoms with Gasteiger partial charge >= 0.3 is 0 Å². The molecule has 0 saturated carbocycles. The largest absolute Gasteiger partial charge is 0.508 e. The molecule has 1 aromatic heterocycles. The van der Waals surface area contributed by atoms with Crippen molar-refractivity contribution in [2.45, 2.75) is 18.9 Å². The number of aromatic hydroxyl groups is 1. The van der Waals surface area contributed by atoms with E-state index in [2.05, 4.69) is 10.6 Å². The minimum Gasteiger partial charge on any atom is -0.508 e. The molecule has 3 N–H and O–H groups in total. The summed E-state index contributed by atoms with van der Waals surface area (Å²) in [4.78, 5) is 25.7. The zero-order chi connectivity index (χ0) is 19.8. The number of rotatable bonds is 8. The van der Waals surface area contributed by atoms with Crippen LogP contribution in [0.4, 0.5) is 0 Å². The molecule has 0 radical (unpaired) electrons. The number of hydrogen-bond donors (Lipinski definition) is 3. The first-order chi connectivity index (χ1) is 13.6. The van der Waals surface area contributed by atoms with Crippen molar-refractivity contribution in [2.24, 2.45) is 0 Å². The molecule has 0 spiro atoms. The first kappa shape index (κ1) is 19.6. The van der Waals surface area contributed by atoms with Gasteiger partial charge in [-0.15, -0.1) is 11.3 Å². The zero-order valence-corrected chi connectivity index (χ0v) is 16.1. The summed E-state index contributed by atoms with van der Waals surface area (Å²) in [6.45, 7) is 0.419. The van der Waals surface area contributed by atoms with E-state index < -0.39 is 6.04 Å². The van der Waals surface area contributed by atoms with Gasteiger partial charge in [-0.05, 0) is 41.1 Å². The molecular formula is C22H22N2O3S. The minimum absolute atomic E-state index is 0.203. The number of phenols is 1. The Morgan fingerprint density at radius 3 is 2.46 bits per heavy atom. The van der Waals surface area contributed by atoms with Crippen molar-refractivity contribution >= 4 is 23.2 Å². The molecule has 2 amide bonds. The van der Waals surface area contributed by atoms with Crippen LogP contribution in [0.25, 0.3) is 0 Å². The Bertz CT molecular complexity index is 911. The molecule has 0 aliphatic carbocycles. The monoisotopic (exact) mass is 394 g/mol. The molecule has 1 heterocycles. The summed E-state index contributed by atoms with van der Waals surface area (Å²) in [7, 11) is 0. The molecular weight excluding hydrogens is 372 g/mol. The molecule has 2 aromatic carbocycles. The first-order valence-electron chi connectivity index (χ1n) is 9.06. The lowest BCUT2D eigenvalue weighted by molar-refractivity contribution is -0.122. The van der Waals surface area contributed by atoms with Crippen molar-refractivity contribution in [3.05, 3.63) is 88.1 Å². The number of benzene rings is 2. The van der Waals surface area contributed by atoms with E-state index in [1.54, 1.807) is 30.3 Å². The SMILES string of the molecule is O=C(NC(Cc1ccccc1)C(=O)NCCc1cccc(O)c1)c1cccs1. The van der Waals surface area contributed by atoms with E-state index in [4.69, 9.17) is 0 Å². The van der Waals surface area contributed by atoms with E-state index in [1.807, 2.05) is 41.8 Å². The molecule has 3 rings (SSSR count). The van der Waals surface area contributed by atoms with Gasteiger partial charge in [0, 0.05) is 13.0 Å². The number of nitrogens with one attached hydrogen (secondary N) is 2. The molecule has 0 bridgehead atoms. The minimum atomic E-state index is -0.666. The quantitative estimate of drug-likeness (QED) is 0.549. The Balaban J connectivity index is 1.62. The third-order valence-corrected chi connectivity index (χ3v) is 5.14. The smallest absolute Gasteiger partial charge is 0.262 e. The van der Waals surface area contributed by atoms with Gasteiger partial charge in [-0.1, -0.05) is 48.5 Å². The van der Waals surface area contributed by atoms with Crippen molar-refractivity contribution in [3.63, 3.8) is 0 Å². The molecule has 0 fully saturated rings. The van der Waals surface area contributed by atoms with Crippen molar-refractivity contribution in [1.29, 1.82) is 0 Å². The fourth-order valence-corrected chi connectivity index (χ4v) is 3.49. The topological polar surface area (TPSA) is 78.4 Å². The van der Waals surface area contributed by atoms with Gasteiger partial charge in [0.1, 0.15) is 11.8 Å². The second-order valence-electron chi connectivity index (χ2n) is 6.40. The van der Waals surface area contributed by atoms with Crippen LogP contribution in [0.2, 0.25) is 0 Å². The predicted molar refractivity (Wildman–Crippen MR) is 111 cm³/mol. The van der Waals surface area contributed by atoms with Crippen LogP contribution in [0.1, 0.15) is 20.8 Å². The van der Waals surface area contributed by atoms with Crippen LogP contribution in [0.3, 0.4) is 0 Å². The van der Waals surface area contributed by atoms with E-state index in [1.165, 1.54) is 11.3 Å². The molecule has 1 atom stereocenters. The van der Waals surface area contributed by atoms with Crippen LogP contribution in [0.15, 0.2) is 72.1 Å². The fourth-order valence-electron chi connectivity index (χ4n) is 2.86. The van der Waals surface area contributed by atoms with E-state index in [-0.39, 0.29) is 17.6 Å². The summed E-state index contributed by atoms with van der Waals surface area (Å²) in [6, 6.07) is 19.4. The molecule has 3 aromatic rings. The standard InChI is InChI=1S/C22H22N2O3S/c25-18-9-4-8-17(14-18)11-12-23-21(26)19(15-16-6-2-1-3-7-16)24-22(27)20-10-5-13-28-20/h1-10,13-14,19,25H,11-12,15H2,(H,23,26)(H,24,27). The highest BCUT2D eigenvalue weighted by Crippen LogP contribution is 2.12. The molecule has 0 aliphatic rings. The van der Waals surface area contributed by atoms with Gasteiger partial charge in [0.25, 0.3) is 5.91 Å². The second-order valence-corrected chi connectivity index (χ2v) is 7.35. The number of amides is 2. The van der Waals surface area contributed by atoms with Crippen LogP contribution >= 0.6 is 11.3 Å². The number of thiophene rings is 1. The molecule has 28 heavy (non-hydrogen) atoms. The van der Waals surface area contributed by atoms with Crippen molar-refractivity contribution in [2.75, 3.05) is 6.54 Å². The van der Waals surface area contributed by atoms with Crippen molar-refractivity contribution < 1.29 is 14.7 Å². The summed E-state index contributed by atoms with van der Waals surface area (Å²) in [5, 5.41) is 17.1. The highest BCUT2D eigenvalue weighted by atomic mass is 32.1. The van der Waals surface area contributed by atoms with Crippen LogP contribution in [-0.4, -0.2) is 29.5 Å². The highest BCUT2D eigenvalue weighted by Gasteiger charge is 2.22. The van der Waals surface area contributed by atoms with Crippen LogP contribution in [0, 0.1) is 0 Å². The van der Waals surface area contributed by atoms with E-state index in [9.17, 15) is 14.7 Å². The van der Waals surface area contributed by atoms with Gasteiger partial charge in [0.2, 0.25) is 5.91 Å². The summed E-state index contributed by atoms with van der Waals surface area (Å²) in [5.74, 6) is -0.276. The predicted octanol–water partition coefficient (Wildman–Crippen LogP) is 3.15. The third kappa shape index (κ3) is 5.69. The van der Waals surface area contributed by atoms with Crippen molar-refractivity contribution in [1.82, 2.24) is 10.6 Å². The summed E-state index contributed by atoms with van der Waals surface area (Å²) in [6.07, 6.45) is 1.01. The summed E-state index contributed by atoms with van der Waals surface area (Å²) < 4.78 is 0. The van der Waals surface area contributed by atoms with E-state index in [0.29, 0.717) is 24.3 Å². The van der Waals surface area contributed by atoms with Gasteiger partial charge in [0.05, 0.1) is 4.88 Å². The Morgan fingerprint density at radius 1 is 0.964 bits per heavy atom. The maximum absolute atomic E-state index is 12.7. The lowest BCUT2D eigenvalue weighted by atomic mass is 10.0. The van der Waals surface area contributed by atoms with Gasteiger partial charge < -0.3 is 15.7 Å². The molecule has 5 nitrogen and oxygen atoms in total. The Labute approximate surface area is 168 Å². The van der Waals surface area contributed by atoms with E-state index >= 15 is 0 Å². The molecule has 144 valence electrons. The lowest BCUT2D eigenvalue weighted by Gasteiger charge is -2.18. The molecule has 6 heteroatoms. The average molecular weight is 394 g/mol. The van der Waals surface area contributed by atoms with Crippen LogP contribution in [0.5, 0.6) is 5.75 Å². The van der Waals surface area contributed by atoms with Gasteiger partial charge in [0.15, 0.2) is 0 Å². The maximum Gasteiger partial charge on any atom is 0.262 e. The normalized spacial score (nSPS) is 11.6. The lowest BCUT2D eigenvalue weighted by Crippen LogP contribution is -2.48. The molecule has 1 unspecified atom stereocenters. The third-order valence-electron chi connectivity index (χ3n) is 4.27. The second kappa shape index (κ2) is 9.71. The maximum atomic E-state index is 12.7. The number of carbonyl (C=O) groups is 2. The van der Waals surface area contributed by atoms with E-state index in [0.717, 1.165) is 11.1 Å². The fraction of sp³-hybridized carbons (Fsp3) is 0.182. The molecule has 0 saturated heterocycles. The summed E-state index contributed by atoms with van der Waals surface area (Å²) in [5.41, 5.74) is 1.91. The zero-order valence-electron chi connectivity index (χ0n) is 15.3. The summed E-state index contributed by atoms with van der Waals surface area (Å²) >= 11 is 1.34. The van der Waals surface area contributed by atoms with Crippen LogP contribution in [-0.2, 0) is 17.6 Å². The Hall–Kier alpha value is -3.12. The number of hydrogen-bond acceptors (Lipinski definition) is 4. The number of phenolic OH excluding ortho intramolecular Hbond substituents is 1. The average Bonchev–Trinajstić information content (AvgIpc) is 3.23. The van der Waals surface area contributed by atoms with Gasteiger partial charge in [-0.3, -0.25) is 9.59 Å². The number of carbonyl (C=O) groups excluding carboxylic acids is 2. The van der Waals surface area contributed by atoms with Gasteiger partial charge in [-0.2, -0.15) is 0 Å². The molecule has 0 aliphatic heterocycles. The van der Waals surface area contributed by atoms with Gasteiger partial charge in [-0.25, -0.2) is 0 Å². The Morgan fingerprint density at radius 2 is 1.75 bits per heavy atom. The highest BCUT2D eigenvalue weighted by molar-refractivity contribution is 7.12. The first-order valence-corrected chi connectivity index (χ1v) is 9.93. The van der Waals surface area contributed by atoms with Crippen molar-refractivity contribution in [3.8, 4) is 5.75 Å². The van der Waals surface area contributed by atoms with Crippen LogP contribution < -0.4 is 10.6 Å². The Kier molecular flexibility index (Phi) is 6.81.